The molecule has 2 heterocycles. The fraction of sp³-hybridized carbons (Fsp3) is 0.455. The van der Waals surface area contributed by atoms with E-state index in [9.17, 15) is 9.59 Å². The standard InChI is InChI=1S/C11H14N2O3S/c14-10-7-13(9(6-12-10)11(15)16)4-3-8-2-1-5-17-8/h1-2,5,9H,3-4,6-7H2,(H,12,14)(H,15,16). The van der Waals surface area contributed by atoms with Crippen molar-refractivity contribution in [2.24, 2.45) is 0 Å². The highest BCUT2D eigenvalue weighted by molar-refractivity contribution is 7.09. The summed E-state index contributed by atoms with van der Waals surface area (Å²) in [5, 5.41) is 13.6. The maximum absolute atomic E-state index is 11.3. The van der Waals surface area contributed by atoms with Crippen LogP contribution in [0.5, 0.6) is 0 Å². The summed E-state index contributed by atoms with van der Waals surface area (Å²) in [4.78, 5) is 25.2. The van der Waals surface area contributed by atoms with Crippen LogP contribution in [0.3, 0.4) is 0 Å². The SMILES string of the molecule is O=C1CN(CCc2cccs2)C(C(=O)O)CN1. The predicted molar refractivity (Wildman–Crippen MR) is 64.0 cm³/mol. The van der Waals surface area contributed by atoms with Crippen LogP contribution < -0.4 is 5.32 Å². The number of carbonyl (C=O) groups excluding carboxylic acids is 1. The Kier molecular flexibility index (Phi) is 3.75. The molecule has 1 aliphatic heterocycles. The van der Waals surface area contributed by atoms with Crippen molar-refractivity contribution >= 4 is 23.2 Å². The van der Waals surface area contributed by atoms with Gasteiger partial charge < -0.3 is 10.4 Å². The van der Waals surface area contributed by atoms with Crippen LogP contribution in [0.1, 0.15) is 4.88 Å². The number of rotatable bonds is 4. The van der Waals surface area contributed by atoms with Crippen LogP contribution in [-0.2, 0) is 16.0 Å². The quantitative estimate of drug-likeness (QED) is 0.804. The minimum absolute atomic E-state index is 0.103. The molecule has 2 rings (SSSR count). The smallest absolute Gasteiger partial charge is 0.322 e. The lowest BCUT2D eigenvalue weighted by Gasteiger charge is -2.32. The first kappa shape index (κ1) is 12.1. The highest BCUT2D eigenvalue weighted by Gasteiger charge is 2.31. The molecule has 1 amide bonds. The summed E-state index contributed by atoms with van der Waals surface area (Å²) in [5.41, 5.74) is 0. The van der Waals surface area contributed by atoms with Crippen LogP contribution in [0, 0.1) is 0 Å². The zero-order valence-corrected chi connectivity index (χ0v) is 10.1. The van der Waals surface area contributed by atoms with Crippen molar-refractivity contribution < 1.29 is 14.7 Å². The largest absolute Gasteiger partial charge is 0.480 e. The lowest BCUT2D eigenvalue weighted by atomic mass is 10.1. The average molecular weight is 254 g/mol. The van der Waals surface area contributed by atoms with E-state index < -0.39 is 12.0 Å². The molecule has 1 aromatic rings. The van der Waals surface area contributed by atoms with Gasteiger partial charge in [0.15, 0.2) is 0 Å². The molecule has 0 aliphatic carbocycles. The van der Waals surface area contributed by atoms with Crippen molar-refractivity contribution in [3.8, 4) is 0 Å². The van der Waals surface area contributed by atoms with E-state index in [1.165, 1.54) is 4.88 Å². The number of nitrogens with one attached hydrogen (secondary N) is 1. The summed E-state index contributed by atoms with van der Waals surface area (Å²) < 4.78 is 0. The van der Waals surface area contributed by atoms with Crippen molar-refractivity contribution in [2.75, 3.05) is 19.6 Å². The van der Waals surface area contributed by atoms with Gasteiger partial charge in [0.05, 0.1) is 6.54 Å². The number of carbonyl (C=O) groups is 2. The Bertz CT molecular complexity index is 405. The van der Waals surface area contributed by atoms with Gasteiger partial charge in [0.1, 0.15) is 6.04 Å². The fourth-order valence-electron chi connectivity index (χ4n) is 1.88. The van der Waals surface area contributed by atoms with Crippen LogP contribution in [0.2, 0.25) is 0 Å². The monoisotopic (exact) mass is 254 g/mol. The first-order valence-electron chi connectivity index (χ1n) is 5.43. The minimum Gasteiger partial charge on any atom is -0.480 e. The summed E-state index contributed by atoms with van der Waals surface area (Å²) in [7, 11) is 0. The van der Waals surface area contributed by atoms with Crippen LogP contribution in [0.4, 0.5) is 0 Å². The van der Waals surface area contributed by atoms with E-state index in [1.807, 2.05) is 17.5 Å². The summed E-state index contributed by atoms with van der Waals surface area (Å²) in [6, 6.07) is 3.38. The van der Waals surface area contributed by atoms with E-state index in [2.05, 4.69) is 5.32 Å². The Labute approximate surface area is 103 Å². The molecule has 6 heteroatoms. The Morgan fingerprint density at radius 3 is 3.12 bits per heavy atom. The Hall–Kier alpha value is -1.40. The van der Waals surface area contributed by atoms with E-state index in [4.69, 9.17) is 5.11 Å². The van der Waals surface area contributed by atoms with Crippen LogP contribution in [-0.4, -0.2) is 47.6 Å². The number of piperazine rings is 1. The molecular weight excluding hydrogens is 240 g/mol. The van der Waals surface area contributed by atoms with E-state index >= 15 is 0 Å². The number of nitrogens with zero attached hydrogens (tertiary/aromatic N) is 1. The lowest BCUT2D eigenvalue weighted by Crippen LogP contribution is -2.57. The van der Waals surface area contributed by atoms with Crippen molar-refractivity contribution in [3.05, 3.63) is 22.4 Å². The molecule has 2 N–H and O–H groups in total. The van der Waals surface area contributed by atoms with Gasteiger partial charge in [-0.05, 0) is 17.9 Å². The lowest BCUT2D eigenvalue weighted by molar-refractivity contribution is -0.145. The molecule has 0 radical (unpaired) electrons. The summed E-state index contributed by atoms with van der Waals surface area (Å²) in [6.07, 6.45) is 0.786. The number of carboxylic acid groups (broad SMARTS) is 1. The van der Waals surface area contributed by atoms with Gasteiger partial charge in [0.25, 0.3) is 0 Å². The summed E-state index contributed by atoms with van der Waals surface area (Å²) >= 11 is 1.65. The van der Waals surface area contributed by atoms with Crippen molar-refractivity contribution in [3.63, 3.8) is 0 Å². The molecule has 0 spiro atoms. The maximum atomic E-state index is 11.3. The number of hydrogen-bond donors (Lipinski definition) is 2. The van der Waals surface area contributed by atoms with E-state index in [-0.39, 0.29) is 19.0 Å². The van der Waals surface area contributed by atoms with Crippen molar-refractivity contribution in [2.45, 2.75) is 12.5 Å². The number of aliphatic carboxylic acids is 1. The Morgan fingerprint density at radius 1 is 1.65 bits per heavy atom. The van der Waals surface area contributed by atoms with Gasteiger partial charge in [0.2, 0.25) is 5.91 Å². The van der Waals surface area contributed by atoms with Gasteiger partial charge >= 0.3 is 5.97 Å². The molecule has 1 aromatic heterocycles. The van der Waals surface area contributed by atoms with Gasteiger partial charge in [-0.2, -0.15) is 0 Å². The minimum atomic E-state index is -0.879. The van der Waals surface area contributed by atoms with Gasteiger partial charge in [-0.3, -0.25) is 14.5 Å². The first-order chi connectivity index (χ1) is 8.16. The third-order valence-corrected chi connectivity index (χ3v) is 3.73. The zero-order valence-electron chi connectivity index (χ0n) is 9.26. The highest BCUT2D eigenvalue weighted by atomic mass is 32.1. The fourth-order valence-corrected chi connectivity index (χ4v) is 2.58. The van der Waals surface area contributed by atoms with Gasteiger partial charge in [-0.1, -0.05) is 6.07 Å². The normalized spacial score (nSPS) is 21.2. The molecule has 5 nitrogen and oxygen atoms in total. The average Bonchev–Trinajstić information content (AvgIpc) is 2.78. The molecule has 92 valence electrons. The highest BCUT2D eigenvalue weighted by Crippen LogP contribution is 2.12. The van der Waals surface area contributed by atoms with Gasteiger partial charge in [0, 0.05) is 18.0 Å². The molecule has 1 fully saturated rings. The van der Waals surface area contributed by atoms with Crippen molar-refractivity contribution in [1.82, 2.24) is 10.2 Å². The Morgan fingerprint density at radius 2 is 2.47 bits per heavy atom. The van der Waals surface area contributed by atoms with Crippen LogP contribution >= 0.6 is 11.3 Å². The van der Waals surface area contributed by atoms with Crippen LogP contribution in [0.25, 0.3) is 0 Å². The number of amides is 1. The third-order valence-electron chi connectivity index (χ3n) is 2.79. The number of hydrogen-bond acceptors (Lipinski definition) is 4. The zero-order chi connectivity index (χ0) is 12.3. The first-order valence-corrected chi connectivity index (χ1v) is 6.30. The molecule has 0 bridgehead atoms. The topological polar surface area (TPSA) is 69.6 Å². The summed E-state index contributed by atoms with van der Waals surface area (Å²) in [6.45, 7) is 0.964. The molecule has 0 saturated carbocycles. The summed E-state index contributed by atoms with van der Waals surface area (Å²) in [5.74, 6) is -0.982. The van der Waals surface area contributed by atoms with Crippen LogP contribution in [0.15, 0.2) is 17.5 Å². The van der Waals surface area contributed by atoms with Crippen molar-refractivity contribution in [1.29, 1.82) is 0 Å². The second-order valence-electron chi connectivity index (χ2n) is 3.96. The molecular formula is C11H14N2O3S. The van der Waals surface area contributed by atoms with Gasteiger partial charge in [-0.25, -0.2) is 0 Å². The van der Waals surface area contributed by atoms with E-state index in [0.717, 1.165) is 6.42 Å². The second-order valence-corrected chi connectivity index (χ2v) is 4.99. The maximum Gasteiger partial charge on any atom is 0.322 e. The van der Waals surface area contributed by atoms with E-state index in [1.54, 1.807) is 16.2 Å². The molecule has 0 aromatic carbocycles. The van der Waals surface area contributed by atoms with E-state index in [0.29, 0.717) is 6.54 Å². The second kappa shape index (κ2) is 5.29. The Balaban J connectivity index is 1.95. The molecule has 1 aliphatic rings. The predicted octanol–water partition coefficient (Wildman–Crippen LogP) is 0.176. The number of carboxylic acids is 1. The third kappa shape index (κ3) is 3.04. The molecule has 17 heavy (non-hydrogen) atoms. The molecule has 1 saturated heterocycles. The molecule has 1 unspecified atom stereocenters. The number of thiophene rings is 1. The van der Waals surface area contributed by atoms with Gasteiger partial charge in [-0.15, -0.1) is 11.3 Å². The molecule has 1 atom stereocenters.